The molecule has 0 saturated carbocycles. The van der Waals surface area contributed by atoms with E-state index in [4.69, 9.17) is 0 Å². The number of nitrogens with zero attached hydrogens (tertiary/aromatic N) is 3. The molecule has 2 aromatic heterocycles. The molecule has 0 atom stereocenters. The highest BCUT2D eigenvalue weighted by Crippen LogP contribution is 2.40. The lowest BCUT2D eigenvalue weighted by Gasteiger charge is -2.26. The normalized spacial score (nSPS) is 11.5. The Balaban J connectivity index is 0.912. The maximum Gasteiger partial charge on any atom is 0.0547 e. The summed E-state index contributed by atoms with van der Waals surface area (Å²) in [6, 6.07) is 90.0. The van der Waals surface area contributed by atoms with E-state index < -0.39 is 0 Å². The van der Waals surface area contributed by atoms with Crippen LogP contribution >= 0.6 is 0 Å². The van der Waals surface area contributed by atoms with Crippen LogP contribution < -0.4 is 4.90 Å². The van der Waals surface area contributed by atoms with E-state index in [0.29, 0.717) is 0 Å². The smallest absolute Gasteiger partial charge is 0.0547 e. The molecule has 12 rings (SSSR count). The Bertz CT molecular complexity index is 3530. The van der Waals surface area contributed by atoms with Gasteiger partial charge in [-0.2, -0.15) is 0 Å². The Labute approximate surface area is 366 Å². The van der Waals surface area contributed by atoms with E-state index in [0.717, 1.165) is 28.4 Å². The van der Waals surface area contributed by atoms with Gasteiger partial charge in [0.15, 0.2) is 0 Å². The van der Waals surface area contributed by atoms with Gasteiger partial charge in [-0.25, -0.2) is 0 Å². The molecule has 0 bridgehead atoms. The number of hydrogen-bond acceptors (Lipinski definition) is 1. The Hall–Kier alpha value is -8.40. The SMILES string of the molecule is c1ccc(-c2ccc(N(c3ccc(-c4cccc(-c5ccc6c7ccccc7n(-c7ccccc7)c6c5)c4)cc3)c3ccc(-n4c5ccccc5c5ccccc54)cc3)cc2)cc1. The van der Waals surface area contributed by atoms with Crippen LogP contribution in [-0.2, 0) is 0 Å². The van der Waals surface area contributed by atoms with Crippen LogP contribution in [0, 0.1) is 0 Å². The fourth-order valence-corrected chi connectivity index (χ4v) is 9.52. The summed E-state index contributed by atoms with van der Waals surface area (Å²) in [6.07, 6.45) is 0. The third-order valence-corrected chi connectivity index (χ3v) is 12.5. The molecule has 3 heteroatoms. The lowest BCUT2D eigenvalue weighted by atomic mass is 9.98. The number of rotatable bonds is 8. The van der Waals surface area contributed by atoms with Crippen molar-refractivity contribution in [3.05, 3.63) is 249 Å². The maximum absolute atomic E-state index is 2.38. The van der Waals surface area contributed by atoms with Crippen LogP contribution in [0.3, 0.4) is 0 Å². The van der Waals surface area contributed by atoms with Crippen molar-refractivity contribution in [2.75, 3.05) is 4.90 Å². The molecule has 10 aromatic carbocycles. The molecule has 0 saturated heterocycles. The molecule has 0 spiro atoms. The van der Waals surface area contributed by atoms with Crippen molar-refractivity contribution in [2.45, 2.75) is 0 Å². The summed E-state index contributed by atoms with van der Waals surface area (Å²) < 4.78 is 4.76. The lowest BCUT2D eigenvalue weighted by molar-refractivity contribution is 1.17. The van der Waals surface area contributed by atoms with Crippen LogP contribution in [0.5, 0.6) is 0 Å². The average molecular weight is 804 g/mol. The highest BCUT2D eigenvalue weighted by atomic mass is 15.1. The van der Waals surface area contributed by atoms with Crippen molar-refractivity contribution < 1.29 is 0 Å². The van der Waals surface area contributed by atoms with E-state index >= 15 is 0 Å². The van der Waals surface area contributed by atoms with Gasteiger partial charge < -0.3 is 14.0 Å². The van der Waals surface area contributed by atoms with Gasteiger partial charge in [-0.1, -0.05) is 158 Å². The van der Waals surface area contributed by atoms with Gasteiger partial charge in [0.2, 0.25) is 0 Å². The van der Waals surface area contributed by atoms with E-state index in [-0.39, 0.29) is 0 Å². The molecule has 0 aliphatic rings. The molecule has 0 radical (unpaired) electrons. The Morgan fingerprint density at radius 3 is 1.13 bits per heavy atom. The van der Waals surface area contributed by atoms with Crippen molar-refractivity contribution in [2.24, 2.45) is 0 Å². The molecule has 12 aromatic rings. The van der Waals surface area contributed by atoms with Crippen molar-refractivity contribution >= 4 is 60.7 Å². The number of aromatic nitrogens is 2. The minimum Gasteiger partial charge on any atom is -0.311 e. The van der Waals surface area contributed by atoms with E-state index in [1.165, 1.54) is 77.0 Å². The summed E-state index contributed by atoms with van der Waals surface area (Å²) in [4.78, 5) is 2.35. The number of anilines is 3. The van der Waals surface area contributed by atoms with Gasteiger partial charge in [-0.3, -0.25) is 0 Å². The summed E-state index contributed by atoms with van der Waals surface area (Å²) in [5.41, 5.74) is 17.5. The van der Waals surface area contributed by atoms with Crippen molar-refractivity contribution in [1.29, 1.82) is 0 Å². The third-order valence-electron chi connectivity index (χ3n) is 12.5. The van der Waals surface area contributed by atoms with Gasteiger partial charge in [0, 0.05) is 50.0 Å². The second kappa shape index (κ2) is 15.3. The fourth-order valence-electron chi connectivity index (χ4n) is 9.52. The maximum atomic E-state index is 2.38. The van der Waals surface area contributed by atoms with Crippen LogP contribution in [0.2, 0.25) is 0 Å². The zero-order chi connectivity index (χ0) is 41.7. The first-order valence-corrected chi connectivity index (χ1v) is 21.6. The molecule has 0 N–H and O–H groups in total. The lowest BCUT2D eigenvalue weighted by Crippen LogP contribution is -2.10. The standard InChI is InChI=1S/C60H41N3/c1-3-14-42(15-4-1)43-26-31-49(32-27-43)61(51-35-37-52(38-36-51)62-57-23-10-7-20-53(57)54-21-8-11-24-58(54)62)50-33-28-44(29-34-50)45-16-13-17-46(40-45)47-30-39-56-55-22-9-12-25-59(55)63(60(56)41-47)48-18-5-2-6-19-48/h1-41H. The molecule has 0 aliphatic carbocycles. The molecule has 63 heavy (non-hydrogen) atoms. The molecule has 0 aliphatic heterocycles. The first-order valence-electron chi connectivity index (χ1n) is 21.6. The molecular weight excluding hydrogens is 763 g/mol. The number of hydrogen-bond donors (Lipinski definition) is 0. The molecular formula is C60H41N3. The van der Waals surface area contributed by atoms with E-state index in [1.807, 2.05) is 0 Å². The third kappa shape index (κ3) is 6.38. The van der Waals surface area contributed by atoms with Gasteiger partial charge >= 0.3 is 0 Å². The summed E-state index contributed by atoms with van der Waals surface area (Å²) in [7, 11) is 0. The Kier molecular flexibility index (Phi) is 8.83. The molecule has 2 heterocycles. The van der Waals surface area contributed by atoms with E-state index in [2.05, 4.69) is 263 Å². The molecule has 0 fully saturated rings. The summed E-state index contributed by atoms with van der Waals surface area (Å²) in [5, 5.41) is 5.04. The van der Waals surface area contributed by atoms with Crippen LogP contribution in [0.15, 0.2) is 249 Å². The van der Waals surface area contributed by atoms with Crippen LogP contribution in [0.4, 0.5) is 17.1 Å². The zero-order valence-corrected chi connectivity index (χ0v) is 34.5. The highest BCUT2D eigenvalue weighted by molar-refractivity contribution is 6.11. The minimum absolute atomic E-state index is 1.09. The topological polar surface area (TPSA) is 13.1 Å². The van der Waals surface area contributed by atoms with Crippen LogP contribution in [0.25, 0.3) is 88.4 Å². The molecule has 0 unspecified atom stereocenters. The summed E-state index contributed by atoms with van der Waals surface area (Å²) in [5.74, 6) is 0. The van der Waals surface area contributed by atoms with Crippen LogP contribution in [-0.4, -0.2) is 9.13 Å². The monoisotopic (exact) mass is 803 g/mol. The molecule has 3 nitrogen and oxygen atoms in total. The number of fused-ring (bicyclic) bond motifs is 6. The van der Waals surface area contributed by atoms with E-state index in [9.17, 15) is 0 Å². The summed E-state index contributed by atoms with van der Waals surface area (Å²) in [6.45, 7) is 0. The molecule has 296 valence electrons. The highest BCUT2D eigenvalue weighted by Gasteiger charge is 2.17. The van der Waals surface area contributed by atoms with Crippen molar-refractivity contribution in [3.63, 3.8) is 0 Å². The summed E-state index contributed by atoms with van der Waals surface area (Å²) >= 11 is 0. The first kappa shape index (κ1) is 36.5. The van der Waals surface area contributed by atoms with Gasteiger partial charge in [0.1, 0.15) is 0 Å². The molecule has 0 amide bonds. The second-order valence-corrected chi connectivity index (χ2v) is 16.2. The Morgan fingerprint density at radius 1 is 0.222 bits per heavy atom. The predicted octanol–water partition coefficient (Wildman–Crippen LogP) is 16.4. The number of benzene rings is 10. The van der Waals surface area contributed by atoms with Gasteiger partial charge in [0.05, 0.1) is 22.1 Å². The largest absolute Gasteiger partial charge is 0.311 e. The quantitative estimate of drug-likeness (QED) is 0.149. The van der Waals surface area contributed by atoms with Gasteiger partial charge in [-0.15, -0.1) is 0 Å². The fraction of sp³-hybridized carbons (Fsp3) is 0. The first-order chi connectivity index (χ1) is 31.2. The predicted molar refractivity (Wildman–Crippen MR) is 266 cm³/mol. The van der Waals surface area contributed by atoms with Crippen molar-refractivity contribution in [3.8, 4) is 44.8 Å². The number of para-hydroxylation sites is 4. The average Bonchev–Trinajstić information content (AvgIpc) is 3.88. The van der Waals surface area contributed by atoms with E-state index in [1.54, 1.807) is 0 Å². The van der Waals surface area contributed by atoms with Crippen molar-refractivity contribution in [1.82, 2.24) is 9.13 Å². The van der Waals surface area contributed by atoms with Gasteiger partial charge in [-0.05, 0) is 124 Å². The zero-order valence-electron chi connectivity index (χ0n) is 34.5. The van der Waals surface area contributed by atoms with Crippen LogP contribution in [0.1, 0.15) is 0 Å². The van der Waals surface area contributed by atoms with Gasteiger partial charge in [0.25, 0.3) is 0 Å². The minimum atomic E-state index is 1.09. The Morgan fingerprint density at radius 2 is 0.571 bits per heavy atom. The second-order valence-electron chi connectivity index (χ2n) is 16.2.